The van der Waals surface area contributed by atoms with E-state index in [9.17, 15) is 0 Å². The van der Waals surface area contributed by atoms with Crippen molar-refractivity contribution in [3.8, 4) is 11.5 Å². The summed E-state index contributed by atoms with van der Waals surface area (Å²) in [6, 6.07) is 14.3. The van der Waals surface area contributed by atoms with E-state index in [1.807, 2.05) is 24.3 Å². The van der Waals surface area contributed by atoms with Crippen LogP contribution in [0.4, 0.5) is 0 Å². The van der Waals surface area contributed by atoms with Gasteiger partial charge < -0.3 is 9.47 Å². The summed E-state index contributed by atoms with van der Waals surface area (Å²) in [5, 5.41) is 0. The molecule has 19 heavy (non-hydrogen) atoms. The first kappa shape index (κ1) is 13.9. The SMILES string of the molecule is COc1ccc(CCc2ccccc2OC)cc1Br. The minimum Gasteiger partial charge on any atom is -0.496 e. The van der Waals surface area contributed by atoms with Crippen LogP contribution >= 0.6 is 15.9 Å². The van der Waals surface area contributed by atoms with Crippen molar-refractivity contribution in [2.45, 2.75) is 12.8 Å². The lowest BCUT2D eigenvalue weighted by Gasteiger charge is -2.09. The normalized spacial score (nSPS) is 10.3. The Morgan fingerprint density at radius 3 is 2.32 bits per heavy atom. The molecule has 0 spiro atoms. The van der Waals surface area contributed by atoms with Gasteiger partial charge in [0.2, 0.25) is 0 Å². The zero-order valence-corrected chi connectivity index (χ0v) is 12.7. The highest BCUT2D eigenvalue weighted by molar-refractivity contribution is 9.10. The quantitative estimate of drug-likeness (QED) is 0.819. The molecule has 0 bridgehead atoms. The van der Waals surface area contributed by atoms with Gasteiger partial charge in [0.05, 0.1) is 18.7 Å². The largest absolute Gasteiger partial charge is 0.496 e. The number of para-hydroxylation sites is 1. The van der Waals surface area contributed by atoms with Crippen molar-refractivity contribution in [3.63, 3.8) is 0 Å². The summed E-state index contributed by atoms with van der Waals surface area (Å²) in [5.74, 6) is 1.82. The Balaban J connectivity index is 2.08. The fourth-order valence-electron chi connectivity index (χ4n) is 2.05. The Hall–Kier alpha value is -1.48. The first-order valence-electron chi connectivity index (χ1n) is 6.19. The van der Waals surface area contributed by atoms with Gasteiger partial charge in [-0.3, -0.25) is 0 Å². The summed E-state index contributed by atoms with van der Waals surface area (Å²) in [6.45, 7) is 0. The van der Waals surface area contributed by atoms with Crippen LogP contribution < -0.4 is 9.47 Å². The van der Waals surface area contributed by atoms with Gasteiger partial charge in [0.1, 0.15) is 11.5 Å². The molecule has 0 aliphatic rings. The van der Waals surface area contributed by atoms with E-state index in [0.717, 1.165) is 28.8 Å². The van der Waals surface area contributed by atoms with E-state index < -0.39 is 0 Å². The van der Waals surface area contributed by atoms with E-state index in [2.05, 4.69) is 34.1 Å². The lowest BCUT2D eigenvalue weighted by atomic mass is 10.0. The second kappa shape index (κ2) is 6.62. The first-order valence-corrected chi connectivity index (χ1v) is 6.98. The Morgan fingerprint density at radius 1 is 0.895 bits per heavy atom. The molecular formula is C16H17BrO2. The minimum atomic E-state index is 0.862. The number of methoxy groups -OCH3 is 2. The molecule has 0 fully saturated rings. The first-order chi connectivity index (χ1) is 9.24. The zero-order chi connectivity index (χ0) is 13.7. The summed E-state index contributed by atoms with van der Waals surface area (Å²) in [4.78, 5) is 0. The summed E-state index contributed by atoms with van der Waals surface area (Å²) in [7, 11) is 3.39. The standard InChI is InChI=1S/C16H17BrO2/c1-18-15-6-4-3-5-13(15)9-7-12-8-10-16(19-2)14(17)11-12/h3-6,8,10-11H,7,9H2,1-2H3. The third-order valence-electron chi connectivity index (χ3n) is 3.09. The maximum absolute atomic E-state index is 5.36. The van der Waals surface area contributed by atoms with Crippen LogP contribution in [0.25, 0.3) is 0 Å². The highest BCUT2D eigenvalue weighted by Crippen LogP contribution is 2.26. The van der Waals surface area contributed by atoms with Crippen molar-refractivity contribution in [2.24, 2.45) is 0 Å². The van der Waals surface area contributed by atoms with Gasteiger partial charge in [0, 0.05) is 0 Å². The second-order valence-electron chi connectivity index (χ2n) is 4.28. The van der Waals surface area contributed by atoms with Crippen LogP contribution in [0, 0.1) is 0 Å². The molecule has 2 aromatic rings. The van der Waals surface area contributed by atoms with E-state index in [1.165, 1.54) is 11.1 Å². The minimum absolute atomic E-state index is 0.862. The van der Waals surface area contributed by atoms with Gasteiger partial charge in [-0.15, -0.1) is 0 Å². The molecule has 0 aliphatic heterocycles. The number of ether oxygens (including phenoxy) is 2. The summed E-state index contributed by atoms with van der Waals surface area (Å²) in [5.41, 5.74) is 2.51. The average molecular weight is 321 g/mol. The third kappa shape index (κ3) is 3.51. The zero-order valence-electron chi connectivity index (χ0n) is 11.2. The maximum atomic E-state index is 5.36. The molecule has 0 saturated carbocycles. The van der Waals surface area contributed by atoms with Crippen molar-refractivity contribution in [3.05, 3.63) is 58.1 Å². The molecule has 0 N–H and O–H groups in total. The van der Waals surface area contributed by atoms with Gasteiger partial charge in [0.15, 0.2) is 0 Å². The highest BCUT2D eigenvalue weighted by Gasteiger charge is 2.04. The van der Waals surface area contributed by atoms with Crippen LogP contribution in [0.5, 0.6) is 11.5 Å². The van der Waals surface area contributed by atoms with Crippen LogP contribution in [0.1, 0.15) is 11.1 Å². The maximum Gasteiger partial charge on any atom is 0.133 e. The molecule has 2 rings (SSSR count). The molecule has 0 atom stereocenters. The van der Waals surface area contributed by atoms with Gasteiger partial charge in [-0.2, -0.15) is 0 Å². The van der Waals surface area contributed by atoms with Crippen LogP contribution in [0.3, 0.4) is 0 Å². The van der Waals surface area contributed by atoms with Crippen molar-refractivity contribution in [2.75, 3.05) is 14.2 Å². The molecule has 3 heteroatoms. The van der Waals surface area contributed by atoms with Crippen LogP contribution in [0.2, 0.25) is 0 Å². The number of hydrogen-bond donors (Lipinski definition) is 0. The van der Waals surface area contributed by atoms with E-state index in [0.29, 0.717) is 0 Å². The summed E-state index contributed by atoms with van der Waals surface area (Å²) < 4.78 is 11.6. The monoisotopic (exact) mass is 320 g/mol. The van der Waals surface area contributed by atoms with Crippen molar-refractivity contribution in [1.82, 2.24) is 0 Å². The summed E-state index contributed by atoms with van der Waals surface area (Å²) in [6.07, 6.45) is 1.94. The van der Waals surface area contributed by atoms with Crippen molar-refractivity contribution < 1.29 is 9.47 Å². The second-order valence-corrected chi connectivity index (χ2v) is 5.14. The number of benzene rings is 2. The molecule has 0 amide bonds. The van der Waals surface area contributed by atoms with E-state index in [4.69, 9.17) is 9.47 Å². The van der Waals surface area contributed by atoms with Crippen LogP contribution in [-0.2, 0) is 12.8 Å². The molecule has 2 aromatic carbocycles. The van der Waals surface area contributed by atoms with Crippen LogP contribution in [0.15, 0.2) is 46.9 Å². The van der Waals surface area contributed by atoms with E-state index in [-0.39, 0.29) is 0 Å². The Labute approximate surface area is 122 Å². The lowest BCUT2D eigenvalue weighted by Crippen LogP contribution is -1.95. The number of hydrogen-bond acceptors (Lipinski definition) is 2. The predicted octanol–water partition coefficient (Wildman–Crippen LogP) is 4.25. The third-order valence-corrected chi connectivity index (χ3v) is 3.71. The fraction of sp³-hybridized carbons (Fsp3) is 0.250. The van der Waals surface area contributed by atoms with Crippen molar-refractivity contribution >= 4 is 15.9 Å². The molecule has 0 radical (unpaired) electrons. The number of aryl methyl sites for hydroxylation is 2. The number of rotatable bonds is 5. The van der Waals surface area contributed by atoms with Gasteiger partial charge in [-0.1, -0.05) is 24.3 Å². The topological polar surface area (TPSA) is 18.5 Å². The van der Waals surface area contributed by atoms with Gasteiger partial charge in [-0.25, -0.2) is 0 Å². The Morgan fingerprint density at radius 2 is 1.63 bits per heavy atom. The van der Waals surface area contributed by atoms with Crippen molar-refractivity contribution in [1.29, 1.82) is 0 Å². The van der Waals surface area contributed by atoms with Gasteiger partial charge in [0.25, 0.3) is 0 Å². The molecule has 0 unspecified atom stereocenters. The molecule has 100 valence electrons. The molecule has 0 aliphatic carbocycles. The van der Waals surface area contributed by atoms with Gasteiger partial charge in [-0.05, 0) is 58.1 Å². The Kier molecular flexibility index (Phi) is 4.86. The fourth-order valence-corrected chi connectivity index (χ4v) is 2.64. The Bertz CT molecular complexity index is 552. The van der Waals surface area contributed by atoms with Crippen LogP contribution in [-0.4, -0.2) is 14.2 Å². The van der Waals surface area contributed by atoms with E-state index in [1.54, 1.807) is 14.2 Å². The molecular weight excluding hydrogens is 304 g/mol. The molecule has 2 nitrogen and oxygen atoms in total. The highest BCUT2D eigenvalue weighted by atomic mass is 79.9. The lowest BCUT2D eigenvalue weighted by molar-refractivity contribution is 0.409. The van der Waals surface area contributed by atoms with Gasteiger partial charge >= 0.3 is 0 Å². The van der Waals surface area contributed by atoms with E-state index >= 15 is 0 Å². The smallest absolute Gasteiger partial charge is 0.133 e. The number of halogens is 1. The molecule has 0 aromatic heterocycles. The molecule has 0 heterocycles. The average Bonchev–Trinajstić information content (AvgIpc) is 2.45. The summed E-state index contributed by atoms with van der Waals surface area (Å²) >= 11 is 3.51. The molecule has 0 saturated heterocycles. The predicted molar refractivity (Wildman–Crippen MR) is 81.1 cm³/mol.